The summed E-state index contributed by atoms with van der Waals surface area (Å²) in [5.41, 5.74) is 1.52. The van der Waals surface area contributed by atoms with Crippen molar-refractivity contribution in [3.8, 4) is 0 Å². The smallest absolute Gasteiger partial charge is 0.251 e. The van der Waals surface area contributed by atoms with Gasteiger partial charge in [0.2, 0.25) is 5.91 Å². The first-order valence-corrected chi connectivity index (χ1v) is 10.5. The first-order valence-electron chi connectivity index (χ1n) is 9.30. The van der Waals surface area contributed by atoms with Crippen molar-refractivity contribution in [2.45, 2.75) is 25.3 Å². The minimum atomic E-state index is -0.200. The second kappa shape index (κ2) is 8.29. The van der Waals surface area contributed by atoms with Crippen molar-refractivity contribution in [2.24, 2.45) is 0 Å². The van der Waals surface area contributed by atoms with Gasteiger partial charge < -0.3 is 10.2 Å². The highest BCUT2D eigenvalue weighted by Crippen LogP contribution is 2.36. The molecule has 5 nitrogen and oxygen atoms in total. The predicted octanol–water partition coefficient (Wildman–Crippen LogP) is 4.43. The van der Waals surface area contributed by atoms with Crippen LogP contribution in [0.2, 0.25) is 5.02 Å². The molecule has 0 aliphatic carbocycles. The molecular formula is C21H20ClN3O2S. The number of para-hydroxylation sites is 1. The zero-order valence-electron chi connectivity index (χ0n) is 15.2. The molecule has 0 spiro atoms. The Bertz CT molecular complexity index is 969. The summed E-state index contributed by atoms with van der Waals surface area (Å²) in [6.07, 6.45) is 2.19. The standard InChI is InChI=1S/C21H20ClN3O2S/c22-15-9-7-14(8-10-15)20(27)23-12-11-19(26)25-13-3-5-17(25)21-24-16-4-1-2-6-18(16)28-21/h1-2,4,6-10,17H,3,5,11-13H2,(H,23,27)/t17-/m1/s1. The van der Waals surface area contributed by atoms with E-state index in [1.165, 1.54) is 0 Å². The number of rotatable bonds is 5. The number of nitrogens with one attached hydrogen (secondary N) is 1. The van der Waals surface area contributed by atoms with Crippen molar-refractivity contribution in [3.63, 3.8) is 0 Å². The lowest BCUT2D eigenvalue weighted by atomic mass is 10.2. The van der Waals surface area contributed by atoms with Crippen LogP contribution in [0.25, 0.3) is 10.2 Å². The summed E-state index contributed by atoms with van der Waals surface area (Å²) in [7, 11) is 0. The van der Waals surface area contributed by atoms with E-state index in [0.717, 1.165) is 34.6 Å². The normalized spacial score (nSPS) is 16.5. The van der Waals surface area contributed by atoms with Gasteiger partial charge in [-0.1, -0.05) is 23.7 Å². The first kappa shape index (κ1) is 18.9. The Hall–Kier alpha value is -2.44. The Labute approximate surface area is 172 Å². The summed E-state index contributed by atoms with van der Waals surface area (Å²) < 4.78 is 1.15. The van der Waals surface area contributed by atoms with Crippen LogP contribution in [-0.2, 0) is 4.79 Å². The van der Waals surface area contributed by atoms with Crippen LogP contribution in [0.4, 0.5) is 0 Å². The van der Waals surface area contributed by atoms with Crippen LogP contribution < -0.4 is 5.32 Å². The molecule has 2 aromatic carbocycles. The van der Waals surface area contributed by atoms with Gasteiger partial charge in [-0.2, -0.15) is 0 Å². The molecule has 3 aromatic rings. The molecule has 1 aliphatic rings. The van der Waals surface area contributed by atoms with Crippen molar-refractivity contribution < 1.29 is 9.59 Å². The van der Waals surface area contributed by atoms with E-state index >= 15 is 0 Å². The number of benzene rings is 2. The van der Waals surface area contributed by atoms with Crippen LogP contribution in [0.3, 0.4) is 0 Å². The Morgan fingerprint density at radius 2 is 1.96 bits per heavy atom. The van der Waals surface area contributed by atoms with E-state index in [4.69, 9.17) is 16.6 Å². The third kappa shape index (κ3) is 4.03. The third-order valence-electron chi connectivity index (χ3n) is 4.90. The van der Waals surface area contributed by atoms with Crippen LogP contribution in [0.15, 0.2) is 48.5 Å². The topological polar surface area (TPSA) is 62.3 Å². The monoisotopic (exact) mass is 413 g/mol. The average molecular weight is 414 g/mol. The van der Waals surface area contributed by atoms with Crippen LogP contribution in [0, 0.1) is 0 Å². The fourth-order valence-electron chi connectivity index (χ4n) is 3.48. The molecule has 0 saturated carbocycles. The number of amides is 2. The number of aromatic nitrogens is 1. The van der Waals surface area contributed by atoms with Crippen molar-refractivity contribution in [1.82, 2.24) is 15.2 Å². The number of likely N-dealkylation sites (tertiary alicyclic amines) is 1. The highest BCUT2D eigenvalue weighted by atomic mass is 35.5. The van der Waals surface area contributed by atoms with Crippen molar-refractivity contribution in [2.75, 3.05) is 13.1 Å². The fraction of sp³-hybridized carbons (Fsp3) is 0.286. The molecule has 0 radical (unpaired) electrons. The predicted molar refractivity (Wildman–Crippen MR) is 112 cm³/mol. The molecule has 2 amide bonds. The lowest BCUT2D eigenvalue weighted by Crippen LogP contribution is -2.34. The number of nitrogens with zero attached hydrogens (tertiary/aromatic N) is 2. The van der Waals surface area contributed by atoms with E-state index in [1.54, 1.807) is 35.6 Å². The lowest BCUT2D eigenvalue weighted by molar-refractivity contribution is -0.132. The van der Waals surface area contributed by atoms with Crippen LogP contribution in [0.1, 0.15) is 40.7 Å². The number of fused-ring (bicyclic) bond motifs is 1. The average Bonchev–Trinajstić information content (AvgIpc) is 3.35. The molecule has 1 fully saturated rings. The van der Waals surface area contributed by atoms with Crippen LogP contribution in [0.5, 0.6) is 0 Å². The largest absolute Gasteiger partial charge is 0.352 e. The maximum atomic E-state index is 12.7. The molecule has 144 valence electrons. The molecule has 4 rings (SSSR count). The molecule has 1 atom stereocenters. The molecular weight excluding hydrogens is 394 g/mol. The summed E-state index contributed by atoms with van der Waals surface area (Å²) in [5, 5.41) is 4.39. The SMILES string of the molecule is O=C(NCCC(=O)N1CCC[C@@H]1c1nc2ccccc2s1)c1ccc(Cl)cc1. The van der Waals surface area contributed by atoms with Gasteiger partial charge in [0, 0.05) is 30.1 Å². The lowest BCUT2D eigenvalue weighted by Gasteiger charge is -2.23. The van der Waals surface area contributed by atoms with Gasteiger partial charge in [-0.25, -0.2) is 4.98 Å². The van der Waals surface area contributed by atoms with E-state index < -0.39 is 0 Å². The van der Waals surface area contributed by atoms with E-state index in [0.29, 0.717) is 17.1 Å². The number of carbonyl (C=O) groups excluding carboxylic acids is 2. The maximum Gasteiger partial charge on any atom is 0.251 e. The highest BCUT2D eigenvalue weighted by Gasteiger charge is 2.31. The summed E-state index contributed by atoms with van der Waals surface area (Å²) in [4.78, 5) is 31.5. The number of hydrogen-bond acceptors (Lipinski definition) is 4. The van der Waals surface area contributed by atoms with Crippen LogP contribution >= 0.6 is 22.9 Å². The molecule has 2 heterocycles. The van der Waals surface area contributed by atoms with E-state index in [2.05, 4.69) is 11.4 Å². The van der Waals surface area contributed by atoms with Gasteiger partial charge in [-0.15, -0.1) is 11.3 Å². The van der Waals surface area contributed by atoms with Crippen LogP contribution in [-0.4, -0.2) is 34.8 Å². The Morgan fingerprint density at radius 1 is 1.18 bits per heavy atom. The fourth-order valence-corrected chi connectivity index (χ4v) is 4.73. The quantitative estimate of drug-likeness (QED) is 0.672. The minimum Gasteiger partial charge on any atom is -0.352 e. The minimum absolute atomic E-state index is 0.0388. The molecule has 28 heavy (non-hydrogen) atoms. The Morgan fingerprint density at radius 3 is 2.75 bits per heavy atom. The van der Waals surface area contributed by atoms with E-state index in [9.17, 15) is 9.59 Å². The number of hydrogen-bond donors (Lipinski definition) is 1. The van der Waals surface area contributed by atoms with Gasteiger partial charge in [0.25, 0.3) is 5.91 Å². The zero-order chi connectivity index (χ0) is 19.5. The van der Waals surface area contributed by atoms with Gasteiger partial charge in [0.05, 0.1) is 16.3 Å². The number of halogens is 1. The molecule has 1 saturated heterocycles. The summed E-state index contributed by atoms with van der Waals surface area (Å²) >= 11 is 7.50. The molecule has 1 aliphatic heterocycles. The zero-order valence-corrected chi connectivity index (χ0v) is 16.8. The molecule has 0 unspecified atom stereocenters. The van der Waals surface area contributed by atoms with Gasteiger partial charge in [-0.05, 0) is 49.2 Å². The van der Waals surface area contributed by atoms with Crippen molar-refractivity contribution in [3.05, 3.63) is 64.1 Å². The van der Waals surface area contributed by atoms with E-state index in [1.807, 2.05) is 23.1 Å². The van der Waals surface area contributed by atoms with Gasteiger partial charge in [-0.3, -0.25) is 9.59 Å². The Kier molecular flexibility index (Phi) is 5.59. The second-order valence-electron chi connectivity index (χ2n) is 6.78. The van der Waals surface area contributed by atoms with Crippen molar-refractivity contribution >= 4 is 45.0 Å². The number of thiazole rings is 1. The maximum absolute atomic E-state index is 12.7. The second-order valence-corrected chi connectivity index (χ2v) is 8.28. The first-order chi connectivity index (χ1) is 13.6. The highest BCUT2D eigenvalue weighted by molar-refractivity contribution is 7.18. The number of carbonyl (C=O) groups is 2. The molecule has 1 aromatic heterocycles. The third-order valence-corrected chi connectivity index (χ3v) is 6.29. The summed E-state index contributed by atoms with van der Waals surface area (Å²) in [6.45, 7) is 1.05. The molecule has 1 N–H and O–H groups in total. The summed E-state index contributed by atoms with van der Waals surface area (Å²) in [5.74, 6) is -0.147. The van der Waals surface area contributed by atoms with Gasteiger partial charge in [0.1, 0.15) is 5.01 Å². The van der Waals surface area contributed by atoms with E-state index in [-0.39, 0.29) is 24.3 Å². The molecule has 0 bridgehead atoms. The van der Waals surface area contributed by atoms with Gasteiger partial charge >= 0.3 is 0 Å². The van der Waals surface area contributed by atoms with Crippen molar-refractivity contribution in [1.29, 1.82) is 0 Å². The molecule has 7 heteroatoms. The Balaban J connectivity index is 1.35. The summed E-state index contributed by atoms with van der Waals surface area (Å²) in [6, 6.07) is 14.8. The van der Waals surface area contributed by atoms with Gasteiger partial charge in [0.15, 0.2) is 0 Å².